The van der Waals surface area contributed by atoms with Gasteiger partial charge < -0.3 is 4.98 Å². The summed E-state index contributed by atoms with van der Waals surface area (Å²) in [6.45, 7) is 3.85. The Hall–Kier alpha value is -1.94. The molecule has 0 aliphatic carbocycles. The van der Waals surface area contributed by atoms with Crippen LogP contribution in [0.1, 0.15) is 23.7 Å². The SMILES string of the molecule is CC1Cc2c([nH]cnc2=O)CN1Cc1ccccc1. The molecule has 98 valence electrons. The highest BCUT2D eigenvalue weighted by Crippen LogP contribution is 2.20. The molecule has 19 heavy (non-hydrogen) atoms. The van der Waals surface area contributed by atoms with Crippen LogP contribution in [0, 0.1) is 0 Å². The Morgan fingerprint density at radius 1 is 1.37 bits per heavy atom. The molecule has 0 saturated carbocycles. The minimum absolute atomic E-state index is 0.0834. The minimum Gasteiger partial charge on any atom is -0.348 e. The number of benzene rings is 1. The zero-order valence-corrected chi connectivity index (χ0v) is 11.0. The van der Waals surface area contributed by atoms with Crippen LogP contribution in [0.5, 0.6) is 0 Å². The molecule has 3 rings (SSSR count). The highest BCUT2D eigenvalue weighted by Gasteiger charge is 2.25. The summed E-state index contributed by atoms with van der Waals surface area (Å²) in [5.74, 6) is 0. The van der Waals surface area contributed by atoms with Gasteiger partial charge in [0.2, 0.25) is 0 Å². The van der Waals surface area contributed by atoms with Crippen molar-refractivity contribution in [2.45, 2.75) is 32.5 Å². The Morgan fingerprint density at radius 3 is 2.95 bits per heavy atom. The van der Waals surface area contributed by atoms with E-state index >= 15 is 0 Å². The van der Waals surface area contributed by atoms with Crippen LogP contribution in [0.15, 0.2) is 41.5 Å². The van der Waals surface area contributed by atoms with Crippen LogP contribution in [0.25, 0.3) is 0 Å². The van der Waals surface area contributed by atoms with Crippen LogP contribution in [-0.4, -0.2) is 20.9 Å². The fourth-order valence-electron chi connectivity index (χ4n) is 2.63. The molecule has 1 unspecified atom stereocenters. The summed E-state index contributed by atoms with van der Waals surface area (Å²) in [5, 5.41) is 0. The normalized spacial score (nSPS) is 19.1. The summed E-state index contributed by atoms with van der Waals surface area (Å²) >= 11 is 0. The van der Waals surface area contributed by atoms with Crippen LogP contribution in [0.4, 0.5) is 0 Å². The van der Waals surface area contributed by atoms with E-state index in [1.807, 2.05) is 6.07 Å². The molecule has 0 fully saturated rings. The largest absolute Gasteiger partial charge is 0.348 e. The molecule has 0 spiro atoms. The van der Waals surface area contributed by atoms with E-state index in [-0.39, 0.29) is 5.56 Å². The average molecular weight is 255 g/mol. The lowest BCUT2D eigenvalue weighted by molar-refractivity contribution is 0.171. The molecule has 1 aliphatic heterocycles. The summed E-state index contributed by atoms with van der Waals surface area (Å²) in [7, 11) is 0. The van der Waals surface area contributed by atoms with E-state index in [0.717, 1.165) is 30.8 Å². The zero-order valence-electron chi connectivity index (χ0n) is 11.0. The number of rotatable bonds is 2. The molecule has 0 amide bonds. The van der Waals surface area contributed by atoms with Crippen LogP contribution in [0.3, 0.4) is 0 Å². The van der Waals surface area contributed by atoms with Crippen molar-refractivity contribution in [3.63, 3.8) is 0 Å². The molecule has 1 atom stereocenters. The molecule has 2 heterocycles. The van der Waals surface area contributed by atoms with E-state index in [4.69, 9.17) is 0 Å². The van der Waals surface area contributed by atoms with Crippen molar-refractivity contribution in [2.75, 3.05) is 0 Å². The first-order chi connectivity index (χ1) is 9.24. The summed E-state index contributed by atoms with van der Waals surface area (Å²) in [6.07, 6.45) is 2.27. The third-order valence-electron chi connectivity index (χ3n) is 3.76. The first-order valence-corrected chi connectivity index (χ1v) is 6.57. The fraction of sp³-hybridized carbons (Fsp3) is 0.333. The van der Waals surface area contributed by atoms with Crippen molar-refractivity contribution in [2.24, 2.45) is 0 Å². The second-order valence-electron chi connectivity index (χ2n) is 5.11. The monoisotopic (exact) mass is 255 g/mol. The van der Waals surface area contributed by atoms with Crippen molar-refractivity contribution < 1.29 is 0 Å². The number of aromatic nitrogens is 2. The predicted molar refractivity (Wildman–Crippen MR) is 73.7 cm³/mol. The minimum atomic E-state index is -0.0834. The maximum Gasteiger partial charge on any atom is 0.276 e. The topological polar surface area (TPSA) is 49.0 Å². The number of nitrogens with zero attached hydrogens (tertiary/aromatic N) is 2. The summed E-state index contributed by atoms with van der Waals surface area (Å²) < 4.78 is 0. The smallest absolute Gasteiger partial charge is 0.276 e. The molecule has 1 aliphatic rings. The molecular weight excluding hydrogens is 238 g/mol. The first kappa shape index (κ1) is 12.1. The Labute approximate surface area is 112 Å². The Balaban J connectivity index is 1.84. The number of aromatic amines is 1. The number of nitrogens with one attached hydrogen (secondary N) is 1. The van der Waals surface area contributed by atoms with Gasteiger partial charge in [0.15, 0.2) is 0 Å². The predicted octanol–water partition coefficient (Wildman–Crippen LogP) is 1.72. The maximum absolute atomic E-state index is 11.7. The second-order valence-corrected chi connectivity index (χ2v) is 5.11. The molecule has 1 aromatic heterocycles. The zero-order chi connectivity index (χ0) is 13.2. The first-order valence-electron chi connectivity index (χ1n) is 6.57. The van der Waals surface area contributed by atoms with Gasteiger partial charge in [0.1, 0.15) is 0 Å². The average Bonchev–Trinajstić information content (AvgIpc) is 2.42. The van der Waals surface area contributed by atoms with Gasteiger partial charge >= 0.3 is 0 Å². The van der Waals surface area contributed by atoms with Gasteiger partial charge in [0, 0.05) is 30.4 Å². The van der Waals surface area contributed by atoms with Crippen molar-refractivity contribution in [3.8, 4) is 0 Å². The van der Waals surface area contributed by atoms with Gasteiger partial charge in [-0.1, -0.05) is 30.3 Å². The summed E-state index contributed by atoms with van der Waals surface area (Å²) in [5.41, 5.74) is 3.07. The van der Waals surface area contributed by atoms with Gasteiger partial charge in [-0.2, -0.15) is 4.98 Å². The molecule has 1 aromatic carbocycles. The number of fused-ring (bicyclic) bond motifs is 1. The fourth-order valence-corrected chi connectivity index (χ4v) is 2.63. The van der Waals surface area contributed by atoms with Gasteiger partial charge in [-0.15, -0.1) is 0 Å². The van der Waals surface area contributed by atoms with Crippen LogP contribution in [-0.2, 0) is 19.5 Å². The van der Waals surface area contributed by atoms with Crippen molar-refractivity contribution in [1.29, 1.82) is 0 Å². The molecule has 1 N–H and O–H groups in total. The molecule has 2 aromatic rings. The number of hydrogen-bond acceptors (Lipinski definition) is 3. The van der Waals surface area contributed by atoms with E-state index < -0.39 is 0 Å². The lowest BCUT2D eigenvalue weighted by atomic mass is 9.99. The van der Waals surface area contributed by atoms with Crippen LogP contribution in [0.2, 0.25) is 0 Å². The van der Waals surface area contributed by atoms with Gasteiger partial charge in [0.25, 0.3) is 5.56 Å². The van der Waals surface area contributed by atoms with Crippen LogP contribution < -0.4 is 5.56 Å². The quantitative estimate of drug-likeness (QED) is 0.889. The van der Waals surface area contributed by atoms with Crippen LogP contribution >= 0.6 is 0 Å². The summed E-state index contributed by atoms with van der Waals surface area (Å²) in [4.78, 5) is 21.0. The standard InChI is InChI=1S/C15H17N3O/c1-11-7-13-14(16-10-17-15(13)19)9-18(11)8-12-5-3-2-4-6-12/h2-6,10-11H,7-9H2,1H3,(H,16,17,19). The van der Waals surface area contributed by atoms with Crippen molar-refractivity contribution >= 4 is 0 Å². The molecule has 0 bridgehead atoms. The van der Waals surface area contributed by atoms with E-state index in [0.29, 0.717) is 6.04 Å². The third-order valence-corrected chi connectivity index (χ3v) is 3.76. The van der Waals surface area contributed by atoms with E-state index in [1.54, 1.807) is 0 Å². The Kier molecular flexibility index (Phi) is 3.17. The van der Waals surface area contributed by atoms with Crippen molar-refractivity contribution in [1.82, 2.24) is 14.9 Å². The molecule has 4 heteroatoms. The van der Waals surface area contributed by atoms with Gasteiger partial charge in [0.05, 0.1) is 6.33 Å². The molecule has 0 saturated heterocycles. The van der Waals surface area contributed by atoms with Gasteiger partial charge in [-0.25, -0.2) is 0 Å². The number of hydrogen-bond donors (Lipinski definition) is 1. The summed E-state index contributed by atoms with van der Waals surface area (Å²) in [6, 6.07) is 10.8. The lowest BCUT2D eigenvalue weighted by Crippen LogP contribution is -2.40. The highest BCUT2D eigenvalue weighted by molar-refractivity contribution is 5.22. The molecule has 4 nitrogen and oxygen atoms in total. The highest BCUT2D eigenvalue weighted by atomic mass is 16.1. The molecule has 0 radical (unpaired) electrons. The van der Waals surface area contributed by atoms with E-state index in [9.17, 15) is 4.79 Å². The third kappa shape index (κ3) is 2.44. The van der Waals surface area contributed by atoms with E-state index in [1.165, 1.54) is 11.9 Å². The Morgan fingerprint density at radius 2 is 2.16 bits per heavy atom. The molecular formula is C15H17N3O. The lowest BCUT2D eigenvalue weighted by Gasteiger charge is -2.33. The maximum atomic E-state index is 11.7. The Bertz CT molecular complexity index is 621. The van der Waals surface area contributed by atoms with Gasteiger partial charge in [-0.05, 0) is 18.9 Å². The van der Waals surface area contributed by atoms with E-state index in [2.05, 4.69) is 46.1 Å². The second kappa shape index (κ2) is 4.97. The number of H-pyrrole nitrogens is 1. The van der Waals surface area contributed by atoms with Crippen molar-refractivity contribution in [3.05, 3.63) is 63.8 Å². The van der Waals surface area contributed by atoms with Gasteiger partial charge in [-0.3, -0.25) is 9.69 Å².